The number of fused-ring (bicyclic) bond motifs is 3. The summed E-state index contributed by atoms with van der Waals surface area (Å²) in [5.41, 5.74) is 3.40. The first-order chi connectivity index (χ1) is 11.6. The number of benzene rings is 2. The van der Waals surface area contributed by atoms with Gasteiger partial charge in [0, 0.05) is 22.5 Å². The van der Waals surface area contributed by atoms with Gasteiger partial charge in [-0.05, 0) is 36.8 Å². The lowest BCUT2D eigenvalue weighted by atomic mass is 10.1. The average molecular weight is 319 g/mol. The van der Waals surface area contributed by atoms with Gasteiger partial charge in [-0.2, -0.15) is 5.10 Å². The number of aromatic nitrogens is 3. The fraction of sp³-hybridized carbons (Fsp3) is 0.158. The van der Waals surface area contributed by atoms with E-state index in [1.54, 1.807) is 7.11 Å². The van der Waals surface area contributed by atoms with Crippen molar-refractivity contribution in [2.75, 3.05) is 7.11 Å². The van der Waals surface area contributed by atoms with Crippen LogP contribution in [0.4, 0.5) is 0 Å². The maximum Gasteiger partial charge on any atom is 0.276 e. The number of aromatic amines is 1. The van der Waals surface area contributed by atoms with Crippen LogP contribution < -0.4 is 10.3 Å². The van der Waals surface area contributed by atoms with Crippen molar-refractivity contribution in [1.29, 1.82) is 0 Å². The lowest BCUT2D eigenvalue weighted by Gasteiger charge is -2.03. The van der Waals surface area contributed by atoms with E-state index in [9.17, 15) is 4.79 Å². The van der Waals surface area contributed by atoms with Crippen LogP contribution in [-0.4, -0.2) is 21.9 Å². The van der Waals surface area contributed by atoms with Crippen molar-refractivity contribution in [3.8, 4) is 5.75 Å². The summed E-state index contributed by atoms with van der Waals surface area (Å²) >= 11 is 0. The van der Waals surface area contributed by atoms with Crippen molar-refractivity contribution in [1.82, 2.24) is 14.8 Å². The van der Waals surface area contributed by atoms with E-state index in [0.29, 0.717) is 12.1 Å². The smallest absolute Gasteiger partial charge is 0.276 e. The van der Waals surface area contributed by atoms with Crippen LogP contribution in [0.5, 0.6) is 5.75 Å². The number of pyridine rings is 1. The summed E-state index contributed by atoms with van der Waals surface area (Å²) in [4.78, 5) is 15.2. The fourth-order valence-electron chi connectivity index (χ4n) is 2.96. The Morgan fingerprint density at radius 1 is 1.12 bits per heavy atom. The van der Waals surface area contributed by atoms with Crippen molar-refractivity contribution < 1.29 is 4.74 Å². The van der Waals surface area contributed by atoms with Crippen LogP contribution in [0.3, 0.4) is 0 Å². The summed E-state index contributed by atoms with van der Waals surface area (Å²) in [7, 11) is 1.65. The van der Waals surface area contributed by atoms with E-state index < -0.39 is 0 Å². The van der Waals surface area contributed by atoms with Crippen molar-refractivity contribution in [2.45, 2.75) is 13.5 Å². The van der Waals surface area contributed by atoms with Gasteiger partial charge < -0.3 is 9.72 Å². The molecular formula is C19H17N3O2. The van der Waals surface area contributed by atoms with E-state index in [0.717, 1.165) is 33.2 Å². The molecule has 0 fully saturated rings. The number of methoxy groups -OCH3 is 1. The van der Waals surface area contributed by atoms with Gasteiger partial charge in [-0.3, -0.25) is 9.48 Å². The molecule has 0 bridgehead atoms. The normalized spacial score (nSPS) is 11.2. The third kappa shape index (κ3) is 2.44. The molecule has 0 radical (unpaired) electrons. The molecule has 0 amide bonds. The molecule has 2 aromatic carbocycles. The average Bonchev–Trinajstić information content (AvgIpc) is 3.01. The minimum Gasteiger partial charge on any atom is -0.497 e. The highest BCUT2D eigenvalue weighted by molar-refractivity contribution is 6.03. The molecule has 0 saturated carbocycles. The van der Waals surface area contributed by atoms with Gasteiger partial charge in [0.2, 0.25) is 0 Å². The van der Waals surface area contributed by atoms with Gasteiger partial charge in [-0.15, -0.1) is 0 Å². The molecule has 0 spiro atoms. The summed E-state index contributed by atoms with van der Waals surface area (Å²) in [5, 5.41) is 6.37. The summed E-state index contributed by atoms with van der Waals surface area (Å²) in [6.07, 6.45) is 1.94. The van der Waals surface area contributed by atoms with Crippen LogP contribution in [0, 0.1) is 6.92 Å². The highest BCUT2D eigenvalue weighted by Crippen LogP contribution is 2.22. The minimum absolute atomic E-state index is 0.158. The second kappa shape index (κ2) is 5.53. The highest BCUT2D eigenvalue weighted by Gasteiger charge is 2.10. The number of nitrogens with zero attached hydrogens (tertiary/aromatic N) is 2. The van der Waals surface area contributed by atoms with Gasteiger partial charge in [0.1, 0.15) is 5.75 Å². The molecule has 2 heterocycles. The quantitative estimate of drug-likeness (QED) is 0.630. The molecule has 0 atom stereocenters. The van der Waals surface area contributed by atoms with E-state index >= 15 is 0 Å². The van der Waals surface area contributed by atoms with Crippen molar-refractivity contribution >= 4 is 21.8 Å². The summed E-state index contributed by atoms with van der Waals surface area (Å²) < 4.78 is 6.98. The maximum atomic E-state index is 12.3. The van der Waals surface area contributed by atoms with Crippen LogP contribution in [0.15, 0.2) is 53.5 Å². The highest BCUT2D eigenvalue weighted by atomic mass is 16.5. The molecule has 5 heteroatoms. The zero-order valence-electron chi connectivity index (χ0n) is 13.5. The molecule has 24 heavy (non-hydrogen) atoms. The molecule has 120 valence electrons. The van der Waals surface area contributed by atoms with Gasteiger partial charge in [-0.25, -0.2) is 0 Å². The van der Waals surface area contributed by atoms with Gasteiger partial charge >= 0.3 is 0 Å². The second-order valence-electron chi connectivity index (χ2n) is 5.94. The Kier molecular flexibility index (Phi) is 3.34. The van der Waals surface area contributed by atoms with Crippen LogP contribution >= 0.6 is 0 Å². The molecule has 4 aromatic rings. The van der Waals surface area contributed by atoms with Crippen LogP contribution in [0.2, 0.25) is 0 Å². The second-order valence-corrected chi connectivity index (χ2v) is 5.94. The topological polar surface area (TPSA) is 59.9 Å². The minimum atomic E-state index is -0.158. The SMILES string of the molecule is COc1ccc(Cn2cc3c(n2)c(=O)[nH]c2ccc(C)cc23)cc1. The van der Waals surface area contributed by atoms with Crippen LogP contribution in [0.25, 0.3) is 21.8 Å². The largest absolute Gasteiger partial charge is 0.497 e. The number of aryl methyl sites for hydroxylation is 1. The van der Waals surface area contributed by atoms with E-state index in [-0.39, 0.29) is 5.56 Å². The zero-order valence-corrected chi connectivity index (χ0v) is 13.5. The molecule has 0 saturated heterocycles. The lowest BCUT2D eigenvalue weighted by molar-refractivity contribution is 0.414. The molecule has 1 N–H and O–H groups in total. The Labute approximate surface area is 138 Å². The van der Waals surface area contributed by atoms with Crippen molar-refractivity contribution in [3.63, 3.8) is 0 Å². The first-order valence-electron chi connectivity index (χ1n) is 7.77. The molecule has 0 unspecified atom stereocenters. The van der Waals surface area contributed by atoms with Crippen molar-refractivity contribution in [3.05, 3.63) is 70.1 Å². The maximum absolute atomic E-state index is 12.3. The van der Waals surface area contributed by atoms with Gasteiger partial charge in [0.05, 0.1) is 13.7 Å². The Morgan fingerprint density at radius 3 is 2.67 bits per heavy atom. The Hall–Kier alpha value is -3.08. The third-order valence-corrected chi connectivity index (χ3v) is 4.19. The Balaban J connectivity index is 1.82. The first kappa shape index (κ1) is 14.5. The molecule has 5 nitrogen and oxygen atoms in total. The Bertz CT molecular complexity index is 1090. The van der Waals surface area contributed by atoms with Crippen LogP contribution in [0.1, 0.15) is 11.1 Å². The molecule has 0 aliphatic rings. The standard InChI is InChI=1S/C19H17N3O2/c1-12-3-8-17-15(9-12)16-11-22(21-18(16)19(23)20-17)10-13-4-6-14(24-2)7-5-13/h3-9,11H,10H2,1-2H3,(H,20,23). The van der Waals surface area contributed by atoms with E-state index in [2.05, 4.69) is 16.1 Å². The van der Waals surface area contributed by atoms with Gasteiger partial charge in [0.25, 0.3) is 5.56 Å². The Morgan fingerprint density at radius 2 is 1.92 bits per heavy atom. The number of hydrogen-bond donors (Lipinski definition) is 1. The van der Waals surface area contributed by atoms with Gasteiger partial charge in [-0.1, -0.05) is 23.8 Å². The zero-order chi connectivity index (χ0) is 16.7. The summed E-state index contributed by atoms with van der Waals surface area (Å²) in [6, 6.07) is 13.8. The molecule has 2 aromatic heterocycles. The van der Waals surface area contributed by atoms with Gasteiger partial charge in [0.15, 0.2) is 5.52 Å². The van der Waals surface area contributed by atoms with Crippen molar-refractivity contribution in [2.24, 2.45) is 0 Å². The monoisotopic (exact) mass is 319 g/mol. The fourth-order valence-corrected chi connectivity index (χ4v) is 2.96. The number of H-pyrrole nitrogens is 1. The molecule has 0 aliphatic carbocycles. The molecule has 4 rings (SSSR count). The third-order valence-electron chi connectivity index (χ3n) is 4.19. The van der Waals surface area contributed by atoms with E-state index in [4.69, 9.17) is 4.74 Å². The van der Waals surface area contributed by atoms with E-state index in [1.807, 2.05) is 54.2 Å². The predicted molar refractivity (Wildman–Crippen MR) is 94.7 cm³/mol. The van der Waals surface area contributed by atoms with E-state index in [1.165, 1.54) is 0 Å². The predicted octanol–water partition coefficient (Wildman–Crippen LogP) is 3.24. The summed E-state index contributed by atoms with van der Waals surface area (Å²) in [6.45, 7) is 2.64. The lowest BCUT2D eigenvalue weighted by Crippen LogP contribution is -2.07. The van der Waals surface area contributed by atoms with Crippen LogP contribution in [-0.2, 0) is 6.54 Å². The number of nitrogens with one attached hydrogen (secondary N) is 1. The number of hydrogen-bond acceptors (Lipinski definition) is 3. The summed E-state index contributed by atoms with van der Waals surface area (Å²) in [5.74, 6) is 0.822. The first-order valence-corrected chi connectivity index (χ1v) is 7.77. The molecule has 0 aliphatic heterocycles. The number of ether oxygens (including phenoxy) is 1. The molecular weight excluding hydrogens is 302 g/mol. The number of rotatable bonds is 3.